The summed E-state index contributed by atoms with van der Waals surface area (Å²) in [5.41, 5.74) is 8.18. The van der Waals surface area contributed by atoms with Gasteiger partial charge in [-0.15, -0.1) is 11.3 Å². The highest BCUT2D eigenvalue weighted by Crippen LogP contribution is 2.29. The first-order valence-electron chi connectivity index (χ1n) is 4.80. The van der Waals surface area contributed by atoms with Crippen molar-refractivity contribution in [1.29, 1.82) is 0 Å². The Kier molecular flexibility index (Phi) is 3.57. The highest BCUT2D eigenvalue weighted by atomic mass is 79.9. The first-order chi connectivity index (χ1) is 7.29. The van der Waals surface area contributed by atoms with E-state index in [4.69, 9.17) is 5.73 Å². The van der Waals surface area contributed by atoms with Gasteiger partial charge >= 0.3 is 0 Å². The molecule has 2 N–H and O–H groups in total. The summed E-state index contributed by atoms with van der Waals surface area (Å²) in [4.78, 5) is 1.36. The molecule has 1 aromatic heterocycles. The molecule has 0 unspecified atom stereocenters. The highest BCUT2D eigenvalue weighted by molar-refractivity contribution is 9.11. The van der Waals surface area contributed by atoms with Crippen LogP contribution < -0.4 is 5.73 Å². The molecule has 0 spiro atoms. The fraction of sp³-hybridized carbons (Fsp3) is 0.167. The van der Waals surface area contributed by atoms with E-state index >= 15 is 0 Å². The number of hydrogen-bond acceptors (Lipinski definition) is 2. The van der Waals surface area contributed by atoms with E-state index in [1.807, 2.05) is 6.07 Å². The molecule has 1 aromatic carbocycles. The van der Waals surface area contributed by atoms with Gasteiger partial charge in [-0.2, -0.15) is 0 Å². The zero-order valence-corrected chi connectivity index (χ0v) is 10.6. The molecule has 3 heteroatoms. The molecule has 0 bridgehead atoms. The Bertz CT molecular complexity index is 436. The second-order valence-electron chi connectivity index (χ2n) is 3.38. The summed E-state index contributed by atoms with van der Waals surface area (Å²) in [6.07, 6.45) is 0.990. The molecule has 0 saturated heterocycles. The van der Waals surface area contributed by atoms with Crippen molar-refractivity contribution in [2.24, 2.45) is 5.73 Å². The lowest BCUT2D eigenvalue weighted by atomic mass is 10.1. The third-order valence-corrected chi connectivity index (χ3v) is 4.21. The number of halogens is 1. The summed E-state index contributed by atoms with van der Waals surface area (Å²) in [5, 5.41) is 0. The van der Waals surface area contributed by atoms with Gasteiger partial charge in [0, 0.05) is 17.8 Å². The quantitative estimate of drug-likeness (QED) is 0.915. The fourth-order valence-electron chi connectivity index (χ4n) is 1.48. The van der Waals surface area contributed by atoms with Crippen LogP contribution in [0.2, 0.25) is 0 Å². The monoisotopic (exact) mass is 281 g/mol. The molecule has 0 aliphatic carbocycles. The van der Waals surface area contributed by atoms with Crippen molar-refractivity contribution in [3.05, 3.63) is 56.2 Å². The summed E-state index contributed by atoms with van der Waals surface area (Å²) in [5.74, 6) is 0. The van der Waals surface area contributed by atoms with Crippen molar-refractivity contribution < 1.29 is 0 Å². The van der Waals surface area contributed by atoms with Gasteiger partial charge in [-0.1, -0.05) is 30.3 Å². The molecule has 0 aliphatic heterocycles. The van der Waals surface area contributed by atoms with E-state index < -0.39 is 0 Å². The van der Waals surface area contributed by atoms with Crippen molar-refractivity contribution in [1.82, 2.24) is 0 Å². The Morgan fingerprint density at radius 3 is 2.53 bits per heavy atom. The number of thiophene rings is 1. The maximum Gasteiger partial charge on any atom is 0.0746 e. The van der Waals surface area contributed by atoms with Crippen LogP contribution in [0.15, 0.2) is 40.2 Å². The Balaban J connectivity index is 2.18. The molecule has 1 nitrogen and oxygen atoms in total. The number of benzene rings is 1. The largest absolute Gasteiger partial charge is 0.326 e. The van der Waals surface area contributed by atoms with Crippen molar-refractivity contribution in [2.75, 3.05) is 0 Å². The number of rotatable bonds is 3. The molecule has 0 aliphatic rings. The maximum atomic E-state index is 5.63. The minimum Gasteiger partial charge on any atom is -0.326 e. The van der Waals surface area contributed by atoms with E-state index in [-0.39, 0.29) is 0 Å². The zero-order chi connectivity index (χ0) is 10.7. The summed E-state index contributed by atoms with van der Waals surface area (Å²) in [6, 6.07) is 12.7. The zero-order valence-electron chi connectivity index (χ0n) is 8.24. The number of nitrogens with two attached hydrogens (primary N) is 1. The predicted octanol–water partition coefficient (Wildman–Crippen LogP) is 3.56. The minimum absolute atomic E-state index is 0.603. The predicted molar refractivity (Wildman–Crippen MR) is 69.2 cm³/mol. The van der Waals surface area contributed by atoms with Crippen LogP contribution in [0.3, 0.4) is 0 Å². The molecule has 0 amide bonds. The van der Waals surface area contributed by atoms with Crippen LogP contribution in [0.1, 0.15) is 16.0 Å². The molecule has 15 heavy (non-hydrogen) atoms. The molecular weight excluding hydrogens is 270 g/mol. The van der Waals surface area contributed by atoms with E-state index in [1.54, 1.807) is 11.3 Å². The van der Waals surface area contributed by atoms with Gasteiger partial charge in [-0.05, 0) is 33.1 Å². The van der Waals surface area contributed by atoms with Gasteiger partial charge in [0.15, 0.2) is 0 Å². The average molecular weight is 282 g/mol. The third kappa shape index (κ3) is 2.68. The topological polar surface area (TPSA) is 26.0 Å². The minimum atomic E-state index is 0.603. The van der Waals surface area contributed by atoms with Crippen LogP contribution in [0.5, 0.6) is 0 Å². The summed E-state index contributed by atoms with van der Waals surface area (Å²) < 4.78 is 1.16. The first kappa shape index (κ1) is 10.9. The van der Waals surface area contributed by atoms with Gasteiger partial charge < -0.3 is 5.73 Å². The van der Waals surface area contributed by atoms with Gasteiger partial charge in [0.2, 0.25) is 0 Å². The van der Waals surface area contributed by atoms with Gasteiger partial charge in [0.25, 0.3) is 0 Å². The Morgan fingerprint density at radius 2 is 1.93 bits per heavy atom. The van der Waals surface area contributed by atoms with E-state index in [2.05, 4.69) is 46.3 Å². The van der Waals surface area contributed by atoms with Crippen LogP contribution in [0.4, 0.5) is 0 Å². The molecule has 2 rings (SSSR count). The van der Waals surface area contributed by atoms with E-state index in [1.165, 1.54) is 16.0 Å². The second kappa shape index (κ2) is 4.92. The maximum absolute atomic E-state index is 5.63. The summed E-state index contributed by atoms with van der Waals surface area (Å²) in [6.45, 7) is 0.603. The van der Waals surface area contributed by atoms with E-state index in [0.29, 0.717) is 6.54 Å². The lowest BCUT2D eigenvalue weighted by Gasteiger charge is -1.96. The molecule has 78 valence electrons. The lowest BCUT2D eigenvalue weighted by Crippen LogP contribution is -1.94. The lowest BCUT2D eigenvalue weighted by molar-refractivity contribution is 1.07. The van der Waals surface area contributed by atoms with Crippen molar-refractivity contribution >= 4 is 27.3 Å². The summed E-state index contributed by atoms with van der Waals surface area (Å²) in [7, 11) is 0. The van der Waals surface area contributed by atoms with E-state index in [9.17, 15) is 0 Å². The van der Waals surface area contributed by atoms with Crippen LogP contribution in [0, 0.1) is 0 Å². The smallest absolute Gasteiger partial charge is 0.0746 e. The van der Waals surface area contributed by atoms with E-state index in [0.717, 1.165) is 10.2 Å². The van der Waals surface area contributed by atoms with Gasteiger partial charge in [0.1, 0.15) is 0 Å². The molecule has 2 aromatic rings. The van der Waals surface area contributed by atoms with Gasteiger partial charge in [-0.3, -0.25) is 0 Å². The Labute approximate surface area is 102 Å². The molecular formula is C12H12BrNS. The second-order valence-corrected chi connectivity index (χ2v) is 5.83. The molecule has 0 radical (unpaired) electrons. The van der Waals surface area contributed by atoms with Crippen molar-refractivity contribution in [3.8, 4) is 0 Å². The van der Waals surface area contributed by atoms with Crippen LogP contribution in [-0.2, 0) is 13.0 Å². The SMILES string of the molecule is NCc1cc(Cc2ccccc2)sc1Br. The Hall–Kier alpha value is -0.640. The van der Waals surface area contributed by atoms with Crippen LogP contribution >= 0.6 is 27.3 Å². The molecule has 1 heterocycles. The van der Waals surface area contributed by atoms with Gasteiger partial charge in [-0.25, -0.2) is 0 Å². The van der Waals surface area contributed by atoms with Crippen molar-refractivity contribution in [3.63, 3.8) is 0 Å². The fourth-order valence-corrected chi connectivity index (χ4v) is 3.33. The molecule has 0 fully saturated rings. The van der Waals surface area contributed by atoms with Crippen LogP contribution in [0.25, 0.3) is 0 Å². The highest BCUT2D eigenvalue weighted by Gasteiger charge is 2.05. The van der Waals surface area contributed by atoms with Gasteiger partial charge in [0.05, 0.1) is 3.79 Å². The molecule has 0 saturated carbocycles. The third-order valence-electron chi connectivity index (χ3n) is 2.25. The first-order valence-corrected chi connectivity index (χ1v) is 6.41. The Morgan fingerprint density at radius 1 is 1.20 bits per heavy atom. The standard InChI is InChI=1S/C12H12BrNS/c13-12-10(8-14)7-11(15-12)6-9-4-2-1-3-5-9/h1-5,7H,6,8,14H2. The summed E-state index contributed by atoms with van der Waals surface area (Å²) >= 11 is 5.30. The van der Waals surface area contributed by atoms with Crippen molar-refractivity contribution in [2.45, 2.75) is 13.0 Å². The average Bonchev–Trinajstić information content (AvgIpc) is 2.60. The molecule has 0 atom stereocenters. The normalized spacial score (nSPS) is 10.5. The number of hydrogen-bond donors (Lipinski definition) is 1. The van der Waals surface area contributed by atoms with Crippen LogP contribution in [-0.4, -0.2) is 0 Å².